The normalized spacial score (nSPS) is 21.8. The zero-order valence-electron chi connectivity index (χ0n) is 12.6. The van der Waals surface area contributed by atoms with Gasteiger partial charge in [-0.15, -0.1) is 0 Å². The van der Waals surface area contributed by atoms with Gasteiger partial charge in [0, 0.05) is 18.6 Å². The van der Waals surface area contributed by atoms with Crippen molar-refractivity contribution in [2.24, 2.45) is 5.92 Å². The average molecular weight is 260 g/mol. The maximum atomic E-state index is 3.53. The van der Waals surface area contributed by atoms with Crippen LogP contribution in [0.15, 0.2) is 30.3 Å². The summed E-state index contributed by atoms with van der Waals surface area (Å²) < 4.78 is 0. The molecule has 2 rings (SSSR count). The fourth-order valence-electron chi connectivity index (χ4n) is 3.09. The summed E-state index contributed by atoms with van der Waals surface area (Å²) in [6.45, 7) is 6.97. The van der Waals surface area contributed by atoms with Crippen LogP contribution >= 0.6 is 0 Å². The molecule has 0 radical (unpaired) electrons. The minimum atomic E-state index is 0.547. The molecule has 2 heteroatoms. The molecule has 2 unspecified atom stereocenters. The van der Waals surface area contributed by atoms with Crippen molar-refractivity contribution in [2.45, 2.75) is 45.2 Å². The molecule has 1 aliphatic rings. The SMILES string of the molecule is CC(C)CC(c1ccccc1)N(C)C1CCCNC1. The number of nitrogens with zero attached hydrogens (tertiary/aromatic N) is 1. The van der Waals surface area contributed by atoms with E-state index in [0.717, 1.165) is 12.5 Å². The first-order chi connectivity index (χ1) is 9.18. The van der Waals surface area contributed by atoms with Crippen LogP contribution in [-0.2, 0) is 0 Å². The molecule has 0 bridgehead atoms. The molecule has 0 saturated carbocycles. The highest BCUT2D eigenvalue weighted by atomic mass is 15.2. The molecule has 0 amide bonds. The van der Waals surface area contributed by atoms with Crippen LogP contribution < -0.4 is 5.32 Å². The van der Waals surface area contributed by atoms with E-state index in [9.17, 15) is 0 Å². The first-order valence-electron chi connectivity index (χ1n) is 7.66. The van der Waals surface area contributed by atoms with Gasteiger partial charge in [-0.1, -0.05) is 44.2 Å². The van der Waals surface area contributed by atoms with E-state index in [2.05, 4.69) is 61.4 Å². The van der Waals surface area contributed by atoms with E-state index >= 15 is 0 Å². The Kier molecular flexibility index (Phi) is 5.41. The third-order valence-electron chi connectivity index (χ3n) is 4.22. The van der Waals surface area contributed by atoms with Crippen LogP contribution in [-0.4, -0.2) is 31.1 Å². The first-order valence-corrected chi connectivity index (χ1v) is 7.66. The third-order valence-corrected chi connectivity index (χ3v) is 4.22. The molecule has 1 aliphatic heterocycles. The highest BCUT2D eigenvalue weighted by Crippen LogP contribution is 2.29. The Labute approximate surface area is 118 Å². The maximum Gasteiger partial charge on any atom is 0.0350 e. The predicted molar refractivity (Wildman–Crippen MR) is 82.3 cm³/mol. The molecule has 0 aliphatic carbocycles. The van der Waals surface area contributed by atoms with Crippen LogP contribution in [0.3, 0.4) is 0 Å². The molecule has 0 aromatic heterocycles. The molecule has 2 atom stereocenters. The lowest BCUT2D eigenvalue weighted by Gasteiger charge is -2.38. The van der Waals surface area contributed by atoms with E-state index in [-0.39, 0.29) is 0 Å². The molecule has 106 valence electrons. The topological polar surface area (TPSA) is 15.3 Å². The van der Waals surface area contributed by atoms with Gasteiger partial charge in [0.15, 0.2) is 0 Å². The Morgan fingerprint density at radius 1 is 1.26 bits per heavy atom. The van der Waals surface area contributed by atoms with Gasteiger partial charge in [0.1, 0.15) is 0 Å². The van der Waals surface area contributed by atoms with Gasteiger partial charge in [0.2, 0.25) is 0 Å². The van der Waals surface area contributed by atoms with Crippen molar-refractivity contribution < 1.29 is 0 Å². The smallest absolute Gasteiger partial charge is 0.0350 e. The van der Waals surface area contributed by atoms with Crippen molar-refractivity contribution in [1.29, 1.82) is 0 Å². The van der Waals surface area contributed by atoms with Crippen LogP contribution in [0.25, 0.3) is 0 Å². The third kappa shape index (κ3) is 4.05. The van der Waals surface area contributed by atoms with E-state index in [4.69, 9.17) is 0 Å². The highest BCUT2D eigenvalue weighted by Gasteiger charge is 2.25. The molecule has 1 aromatic rings. The quantitative estimate of drug-likeness (QED) is 0.872. The summed E-state index contributed by atoms with van der Waals surface area (Å²) >= 11 is 0. The second kappa shape index (κ2) is 7.06. The molecule has 1 aromatic carbocycles. The number of piperidine rings is 1. The van der Waals surface area contributed by atoms with Gasteiger partial charge in [0.25, 0.3) is 0 Å². The van der Waals surface area contributed by atoms with Crippen molar-refractivity contribution in [1.82, 2.24) is 10.2 Å². The number of nitrogens with one attached hydrogen (secondary N) is 1. The minimum Gasteiger partial charge on any atom is -0.315 e. The number of hydrogen-bond acceptors (Lipinski definition) is 2. The molecule has 1 fully saturated rings. The van der Waals surface area contributed by atoms with Crippen LogP contribution in [0, 0.1) is 5.92 Å². The molecule has 1 saturated heterocycles. The first kappa shape index (κ1) is 14.5. The monoisotopic (exact) mass is 260 g/mol. The van der Waals surface area contributed by atoms with Crippen LogP contribution in [0.4, 0.5) is 0 Å². The maximum absolute atomic E-state index is 3.53. The molecule has 1 N–H and O–H groups in total. The Morgan fingerprint density at radius 3 is 2.58 bits per heavy atom. The minimum absolute atomic E-state index is 0.547. The van der Waals surface area contributed by atoms with Crippen LogP contribution in [0.5, 0.6) is 0 Å². The van der Waals surface area contributed by atoms with Crippen LogP contribution in [0.2, 0.25) is 0 Å². The summed E-state index contributed by atoms with van der Waals surface area (Å²) in [5, 5.41) is 3.53. The summed E-state index contributed by atoms with van der Waals surface area (Å²) in [6.07, 6.45) is 3.86. The Morgan fingerprint density at radius 2 is 2.00 bits per heavy atom. The molecule has 0 spiro atoms. The van der Waals surface area contributed by atoms with Gasteiger partial charge in [-0.2, -0.15) is 0 Å². The van der Waals surface area contributed by atoms with Gasteiger partial charge in [-0.25, -0.2) is 0 Å². The average Bonchev–Trinajstić information content (AvgIpc) is 2.46. The lowest BCUT2D eigenvalue weighted by Crippen LogP contribution is -2.45. The second-order valence-corrected chi connectivity index (χ2v) is 6.22. The molecule has 19 heavy (non-hydrogen) atoms. The highest BCUT2D eigenvalue weighted by molar-refractivity contribution is 5.19. The van der Waals surface area contributed by atoms with Crippen molar-refractivity contribution in [2.75, 3.05) is 20.1 Å². The summed E-state index contributed by atoms with van der Waals surface area (Å²) in [4.78, 5) is 2.60. The van der Waals surface area contributed by atoms with Crippen molar-refractivity contribution in [3.63, 3.8) is 0 Å². The van der Waals surface area contributed by atoms with E-state index in [1.807, 2.05) is 0 Å². The Hall–Kier alpha value is -0.860. The summed E-state index contributed by atoms with van der Waals surface area (Å²) in [7, 11) is 2.30. The standard InChI is InChI=1S/C17H28N2/c1-14(2)12-17(15-8-5-4-6-9-15)19(3)16-10-7-11-18-13-16/h4-6,8-9,14,16-18H,7,10-13H2,1-3H3. The fourth-order valence-corrected chi connectivity index (χ4v) is 3.09. The molecule has 1 heterocycles. The molecular weight excluding hydrogens is 232 g/mol. The number of likely N-dealkylation sites (N-methyl/N-ethyl adjacent to an activating group) is 1. The molecule has 2 nitrogen and oxygen atoms in total. The van der Waals surface area contributed by atoms with Gasteiger partial charge in [0.05, 0.1) is 0 Å². The second-order valence-electron chi connectivity index (χ2n) is 6.22. The Balaban J connectivity index is 2.12. The zero-order chi connectivity index (χ0) is 13.7. The van der Waals surface area contributed by atoms with Crippen molar-refractivity contribution >= 4 is 0 Å². The largest absolute Gasteiger partial charge is 0.315 e. The van der Waals surface area contributed by atoms with Crippen molar-refractivity contribution in [3.8, 4) is 0 Å². The lowest BCUT2D eigenvalue weighted by atomic mass is 9.93. The number of hydrogen-bond donors (Lipinski definition) is 1. The van der Waals surface area contributed by atoms with E-state index in [1.54, 1.807) is 0 Å². The van der Waals surface area contributed by atoms with Gasteiger partial charge < -0.3 is 5.32 Å². The van der Waals surface area contributed by atoms with Crippen LogP contribution in [0.1, 0.15) is 44.7 Å². The summed E-state index contributed by atoms with van der Waals surface area (Å²) in [6, 6.07) is 12.2. The zero-order valence-corrected chi connectivity index (χ0v) is 12.6. The fraction of sp³-hybridized carbons (Fsp3) is 0.647. The predicted octanol–water partition coefficient (Wildman–Crippen LogP) is 3.46. The molecular formula is C17H28N2. The van der Waals surface area contributed by atoms with Crippen molar-refractivity contribution in [3.05, 3.63) is 35.9 Å². The van der Waals surface area contributed by atoms with Gasteiger partial charge in [-0.3, -0.25) is 4.90 Å². The summed E-state index contributed by atoms with van der Waals surface area (Å²) in [5.41, 5.74) is 1.46. The summed E-state index contributed by atoms with van der Waals surface area (Å²) in [5.74, 6) is 0.726. The Bertz CT molecular complexity index is 355. The lowest BCUT2D eigenvalue weighted by molar-refractivity contribution is 0.130. The number of benzene rings is 1. The van der Waals surface area contributed by atoms with E-state index in [1.165, 1.54) is 31.4 Å². The van der Waals surface area contributed by atoms with Gasteiger partial charge >= 0.3 is 0 Å². The van der Waals surface area contributed by atoms with Gasteiger partial charge in [-0.05, 0) is 44.3 Å². The number of rotatable bonds is 5. The van der Waals surface area contributed by atoms with E-state index in [0.29, 0.717) is 12.1 Å². The van der Waals surface area contributed by atoms with E-state index < -0.39 is 0 Å².